The molecule has 24 valence electrons. The number of rotatable bonds is 0. The number of hydrogen-bond donors (Lipinski definition) is 0. The monoisotopic (exact) mass is 134 g/mol. The molecule has 0 aromatic heterocycles. The maximum atomic E-state index is 0. The van der Waals surface area contributed by atoms with Crippen LogP contribution in [0.15, 0.2) is 0 Å². The molecule has 0 saturated carbocycles. The fraction of sp³-hybridized carbons (Fsp3) is 0. The molecule has 0 rings (SSSR count). The standard InChI is InChI=1S/2ClH.2Na.H2O/h2*1H;;;1H2/q;;2*+1;/p-2. The van der Waals surface area contributed by atoms with Gasteiger partial charge >= 0.3 is 59.1 Å². The van der Waals surface area contributed by atoms with Crippen molar-refractivity contribution in [3.05, 3.63) is 0 Å². The normalized spacial score (nSPS) is 0. The van der Waals surface area contributed by atoms with E-state index in [4.69, 9.17) is 0 Å². The molecule has 2 N–H and O–H groups in total. The number of hydrogen-bond acceptors (Lipinski definition) is 0. The second kappa shape index (κ2) is 31.1. The Morgan fingerprint density at radius 3 is 0.600 bits per heavy atom. The summed E-state index contributed by atoms with van der Waals surface area (Å²) in [4.78, 5) is 0. The molecule has 0 aromatic carbocycles. The second-order valence-electron chi connectivity index (χ2n) is 0. The molecule has 0 unspecified atom stereocenters. The zero-order valence-corrected chi connectivity index (χ0v) is 8.77. The van der Waals surface area contributed by atoms with Crippen LogP contribution in [0.25, 0.3) is 0 Å². The molecule has 1 nitrogen and oxygen atoms in total. The maximum absolute atomic E-state index is 0. The summed E-state index contributed by atoms with van der Waals surface area (Å²) in [5.74, 6) is 0. The van der Waals surface area contributed by atoms with E-state index >= 15 is 0 Å². The molecule has 0 radical (unpaired) electrons. The van der Waals surface area contributed by atoms with Gasteiger partial charge in [-0.2, -0.15) is 0 Å². The van der Waals surface area contributed by atoms with E-state index in [1.54, 1.807) is 0 Å². The summed E-state index contributed by atoms with van der Waals surface area (Å²) in [6.07, 6.45) is 0. The van der Waals surface area contributed by atoms with Gasteiger partial charge in [-0.25, -0.2) is 0 Å². The summed E-state index contributed by atoms with van der Waals surface area (Å²) < 4.78 is 0. The molecule has 0 spiro atoms. The van der Waals surface area contributed by atoms with Crippen LogP contribution in [0, 0.1) is 0 Å². The van der Waals surface area contributed by atoms with Crippen molar-refractivity contribution >= 4 is 0 Å². The molecule has 0 aromatic rings. The van der Waals surface area contributed by atoms with Gasteiger partial charge in [0, 0.05) is 0 Å². The molecule has 0 heterocycles. The van der Waals surface area contributed by atoms with Crippen LogP contribution >= 0.6 is 0 Å². The smallest absolute Gasteiger partial charge is 1.00 e. The quantitative estimate of drug-likeness (QED) is 0.295. The Bertz CT molecular complexity index is 7.61. The first-order valence-corrected chi connectivity index (χ1v) is 0. The van der Waals surface area contributed by atoms with Gasteiger partial charge in [0.15, 0.2) is 0 Å². The predicted octanol–water partition coefficient (Wildman–Crippen LogP) is -12.8. The Labute approximate surface area is 88.0 Å². The van der Waals surface area contributed by atoms with Gasteiger partial charge in [-0.3, -0.25) is 0 Å². The van der Waals surface area contributed by atoms with E-state index in [9.17, 15) is 0 Å². The van der Waals surface area contributed by atoms with Crippen LogP contribution in [0.2, 0.25) is 0 Å². The molecule has 0 aliphatic carbocycles. The van der Waals surface area contributed by atoms with Crippen LogP contribution in [0.5, 0.6) is 0 Å². The van der Waals surface area contributed by atoms with Crippen molar-refractivity contribution < 1.29 is 89.4 Å². The SMILES string of the molecule is O.[Cl-].[Cl-].[Na+].[Na+]. The van der Waals surface area contributed by atoms with Gasteiger partial charge in [0.2, 0.25) is 0 Å². The molecule has 5 heavy (non-hydrogen) atoms. The molecular weight excluding hydrogens is 133 g/mol. The van der Waals surface area contributed by atoms with Gasteiger partial charge in [-0.05, 0) is 0 Å². The molecule has 5 heteroatoms. The zero-order chi connectivity index (χ0) is 0. The summed E-state index contributed by atoms with van der Waals surface area (Å²) in [6.45, 7) is 0. The van der Waals surface area contributed by atoms with E-state index < -0.39 is 0 Å². The molecule has 0 aliphatic rings. The Hall–Kier alpha value is 2.54. The molecule has 0 aliphatic heterocycles. The van der Waals surface area contributed by atoms with Crippen molar-refractivity contribution in [3.63, 3.8) is 0 Å². The van der Waals surface area contributed by atoms with Crippen LogP contribution in [-0.4, -0.2) is 5.48 Å². The molecule has 0 amide bonds. The molecular formula is H2Cl2Na2O. The van der Waals surface area contributed by atoms with Crippen LogP contribution < -0.4 is 83.9 Å². The van der Waals surface area contributed by atoms with Crippen molar-refractivity contribution in [2.45, 2.75) is 0 Å². The Kier molecular flexibility index (Phi) is 311. The topological polar surface area (TPSA) is 31.5 Å². The van der Waals surface area contributed by atoms with Gasteiger partial charge in [-0.1, -0.05) is 0 Å². The first kappa shape index (κ1) is 50.0. The van der Waals surface area contributed by atoms with Crippen LogP contribution in [0.4, 0.5) is 0 Å². The Morgan fingerprint density at radius 2 is 0.600 bits per heavy atom. The third-order valence-electron chi connectivity index (χ3n) is 0. The van der Waals surface area contributed by atoms with E-state index in [-0.39, 0.29) is 89.4 Å². The fourth-order valence-corrected chi connectivity index (χ4v) is 0. The molecule has 0 fully saturated rings. The Morgan fingerprint density at radius 1 is 0.600 bits per heavy atom. The number of halogens is 2. The third kappa shape index (κ3) is 20.9. The van der Waals surface area contributed by atoms with Crippen molar-refractivity contribution in [1.29, 1.82) is 0 Å². The molecule has 0 atom stereocenters. The minimum atomic E-state index is 0. The maximum Gasteiger partial charge on any atom is 1.00 e. The average Bonchev–Trinajstić information content (AvgIpc) is 0. The fourth-order valence-electron chi connectivity index (χ4n) is 0. The predicted molar refractivity (Wildman–Crippen MR) is 3.61 cm³/mol. The van der Waals surface area contributed by atoms with Crippen molar-refractivity contribution in [2.75, 3.05) is 0 Å². The van der Waals surface area contributed by atoms with E-state index in [0.717, 1.165) is 0 Å². The second-order valence-corrected chi connectivity index (χ2v) is 0. The minimum Gasteiger partial charge on any atom is -1.00 e. The van der Waals surface area contributed by atoms with Gasteiger partial charge in [0.05, 0.1) is 0 Å². The van der Waals surface area contributed by atoms with Crippen molar-refractivity contribution in [3.8, 4) is 0 Å². The van der Waals surface area contributed by atoms with Gasteiger partial charge in [0.25, 0.3) is 0 Å². The summed E-state index contributed by atoms with van der Waals surface area (Å²) in [7, 11) is 0. The first-order valence-electron chi connectivity index (χ1n) is 0. The average molecular weight is 135 g/mol. The van der Waals surface area contributed by atoms with Gasteiger partial charge in [0.1, 0.15) is 0 Å². The minimum absolute atomic E-state index is 0. The van der Waals surface area contributed by atoms with Crippen LogP contribution in [-0.2, 0) is 0 Å². The zero-order valence-electron chi connectivity index (χ0n) is 3.26. The Balaban J connectivity index is 0. The van der Waals surface area contributed by atoms with E-state index in [1.807, 2.05) is 0 Å². The summed E-state index contributed by atoms with van der Waals surface area (Å²) in [5, 5.41) is 0. The van der Waals surface area contributed by atoms with Crippen molar-refractivity contribution in [1.82, 2.24) is 0 Å². The van der Waals surface area contributed by atoms with Gasteiger partial charge < -0.3 is 30.3 Å². The van der Waals surface area contributed by atoms with E-state index in [2.05, 4.69) is 0 Å². The summed E-state index contributed by atoms with van der Waals surface area (Å²) in [5.41, 5.74) is 0. The summed E-state index contributed by atoms with van der Waals surface area (Å²) >= 11 is 0. The van der Waals surface area contributed by atoms with Gasteiger partial charge in [-0.15, -0.1) is 0 Å². The van der Waals surface area contributed by atoms with Crippen molar-refractivity contribution in [2.24, 2.45) is 0 Å². The molecule has 0 bridgehead atoms. The van der Waals surface area contributed by atoms with E-state index in [0.29, 0.717) is 0 Å². The van der Waals surface area contributed by atoms with Crippen LogP contribution in [0.3, 0.4) is 0 Å². The van der Waals surface area contributed by atoms with Crippen LogP contribution in [0.1, 0.15) is 0 Å². The van der Waals surface area contributed by atoms with E-state index in [1.165, 1.54) is 0 Å². The third-order valence-corrected chi connectivity index (χ3v) is 0. The largest absolute Gasteiger partial charge is 1.00 e. The first-order chi connectivity index (χ1) is 0. The summed E-state index contributed by atoms with van der Waals surface area (Å²) in [6, 6.07) is 0. The molecule has 0 saturated heterocycles.